The number of aromatic amines is 1. The van der Waals surface area contributed by atoms with Gasteiger partial charge in [-0.3, -0.25) is 0 Å². The highest BCUT2D eigenvalue weighted by molar-refractivity contribution is 5.87. The van der Waals surface area contributed by atoms with Gasteiger partial charge in [0.15, 0.2) is 5.96 Å². The summed E-state index contributed by atoms with van der Waals surface area (Å²) in [6.45, 7) is 2.07. The summed E-state index contributed by atoms with van der Waals surface area (Å²) in [6.07, 6.45) is 15.6. The number of rotatable bonds is 16. The molecule has 0 amide bonds. The Morgan fingerprint density at radius 3 is 2.55 bits per heavy atom. The molecule has 4 atom stereocenters. The Labute approximate surface area is 248 Å². The number of benzene rings is 2. The molecule has 1 heterocycles. The molecule has 0 fully saturated rings. The van der Waals surface area contributed by atoms with E-state index in [1.54, 1.807) is 0 Å². The molecule has 7 N–H and O–H groups in total. The zero-order valence-electron chi connectivity index (χ0n) is 24.3. The Morgan fingerprint density at radius 1 is 1.10 bits per heavy atom. The predicted molar refractivity (Wildman–Crippen MR) is 171 cm³/mol. The number of nitrogens with two attached hydrogens (primary N) is 2. The van der Waals surface area contributed by atoms with Gasteiger partial charge in [-0.2, -0.15) is 0 Å². The molecule has 0 radical (unpaired) electrons. The van der Waals surface area contributed by atoms with E-state index < -0.39 is 5.97 Å². The topological polar surface area (TPSA) is 147 Å². The van der Waals surface area contributed by atoms with Crippen LogP contribution in [-0.4, -0.2) is 40.9 Å². The second-order valence-electron chi connectivity index (χ2n) is 11.4. The summed E-state index contributed by atoms with van der Waals surface area (Å²) >= 11 is 0. The van der Waals surface area contributed by atoms with Crippen molar-refractivity contribution >= 4 is 40.9 Å². The number of carboxylic acids is 1. The summed E-state index contributed by atoms with van der Waals surface area (Å²) in [5.41, 5.74) is 14.4. The van der Waals surface area contributed by atoms with Crippen LogP contribution in [0.3, 0.4) is 0 Å². The maximum absolute atomic E-state index is 11.8. The van der Waals surface area contributed by atoms with Gasteiger partial charge in [-0.1, -0.05) is 75.1 Å². The first-order valence-electron chi connectivity index (χ1n) is 14.9. The Kier molecular flexibility index (Phi) is 11.0. The highest BCUT2D eigenvalue weighted by Crippen LogP contribution is 2.42. The molecular formula is C34H43N5O3. The SMILES string of the molecule is C[C@H](C=O)CCCCCC[C@@H]1c2cc3ccccc3cc2C=C[C@H]1C[C@@H](Nc1ccc[nH]1)/C(=C/C(=O)O)CN=C(N)N. The molecule has 0 saturated heterocycles. The van der Waals surface area contributed by atoms with Gasteiger partial charge in [0.1, 0.15) is 12.1 Å². The minimum atomic E-state index is -1.04. The molecule has 42 heavy (non-hydrogen) atoms. The molecule has 1 aliphatic rings. The lowest BCUT2D eigenvalue weighted by Crippen LogP contribution is -2.31. The third-order valence-corrected chi connectivity index (χ3v) is 8.18. The van der Waals surface area contributed by atoms with Gasteiger partial charge >= 0.3 is 5.97 Å². The molecule has 0 spiro atoms. The number of carbonyl (C=O) groups excluding carboxylic acids is 1. The van der Waals surface area contributed by atoms with Crippen molar-refractivity contribution in [2.24, 2.45) is 28.3 Å². The molecule has 0 unspecified atom stereocenters. The molecule has 0 bridgehead atoms. The van der Waals surface area contributed by atoms with Crippen LogP contribution in [0.4, 0.5) is 5.82 Å². The zero-order valence-corrected chi connectivity index (χ0v) is 24.3. The number of hydrogen-bond donors (Lipinski definition) is 5. The minimum Gasteiger partial charge on any atom is -0.478 e. The average Bonchev–Trinajstić information content (AvgIpc) is 3.49. The fraction of sp³-hybridized carbons (Fsp3) is 0.382. The van der Waals surface area contributed by atoms with Crippen LogP contribution in [-0.2, 0) is 9.59 Å². The highest BCUT2D eigenvalue weighted by Gasteiger charge is 2.30. The van der Waals surface area contributed by atoms with Crippen molar-refractivity contribution in [1.82, 2.24) is 4.98 Å². The number of nitrogens with one attached hydrogen (secondary N) is 2. The van der Waals surface area contributed by atoms with Crippen LogP contribution in [0.25, 0.3) is 16.8 Å². The summed E-state index contributed by atoms with van der Waals surface area (Å²) in [4.78, 5) is 30.2. The Morgan fingerprint density at radius 2 is 1.86 bits per heavy atom. The highest BCUT2D eigenvalue weighted by atomic mass is 16.4. The molecular weight excluding hydrogens is 526 g/mol. The van der Waals surface area contributed by atoms with E-state index in [4.69, 9.17) is 11.5 Å². The van der Waals surface area contributed by atoms with Crippen molar-refractivity contribution < 1.29 is 14.7 Å². The lowest BCUT2D eigenvalue weighted by molar-refractivity contribution is -0.131. The standard InChI is InChI=1S/C34H43N5O3/c1-23(22-40)9-4-2-3-5-12-29-27(15-14-26-17-24-10-6-7-11-25(24)18-30(26)29)19-31(39-32-13-8-16-37-32)28(20-33(41)42)21-38-34(35)36/h6-8,10-11,13-18,20,22-23,27,29,31,37,39H,2-5,9,12,19,21H2,1H3,(H,41,42)(H4,35,36,38)/b28-20+/t23-,27-,29-,31+/m0/s1. The van der Waals surface area contributed by atoms with Gasteiger partial charge in [0.05, 0.1) is 12.6 Å². The van der Waals surface area contributed by atoms with Gasteiger partial charge < -0.3 is 31.7 Å². The molecule has 0 saturated carbocycles. The quantitative estimate of drug-likeness (QED) is 0.0455. The van der Waals surface area contributed by atoms with E-state index in [-0.39, 0.29) is 36.3 Å². The second-order valence-corrected chi connectivity index (χ2v) is 11.4. The molecule has 222 valence electrons. The van der Waals surface area contributed by atoms with E-state index in [2.05, 4.69) is 63.8 Å². The summed E-state index contributed by atoms with van der Waals surface area (Å²) in [6, 6.07) is 16.6. The second kappa shape index (κ2) is 15.1. The largest absolute Gasteiger partial charge is 0.478 e. The molecule has 8 heteroatoms. The number of aromatic nitrogens is 1. The average molecular weight is 570 g/mol. The number of anilines is 1. The van der Waals surface area contributed by atoms with Crippen LogP contribution in [0, 0.1) is 11.8 Å². The van der Waals surface area contributed by atoms with E-state index in [0.717, 1.165) is 50.6 Å². The zero-order chi connectivity index (χ0) is 29.9. The van der Waals surface area contributed by atoms with E-state index in [1.165, 1.54) is 28.0 Å². The van der Waals surface area contributed by atoms with Gasteiger partial charge in [0, 0.05) is 18.2 Å². The van der Waals surface area contributed by atoms with Crippen LogP contribution < -0.4 is 16.8 Å². The normalized spacial score (nSPS) is 17.8. The summed E-state index contributed by atoms with van der Waals surface area (Å²) in [7, 11) is 0. The number of fused-ring (bicyclic) bond motifs is 2. The Bertz CT molecular complexity index is 1420. The van der Waals surface area contributed by atoms with Crippen molar-refractivity contribution in [3.8, 4) is 0 Å². The number of aliphatic imine (C=N–C) groups is 1. The van der Waals surface area contributed by atoms with Gasteiger partial charge in [0.25, 0.3) is 0 Å². The number of aldehydes is 1. The van der Waals surface area contributed by atoms with E-state index in [9.17, 15) is 14.7 Å². The lowest BCUT2D eigenvalue weighted by Gasteiger charge is -2.34. The molecule has 8 nitrogen and oxygen atoms in total. The van der Waals surface area contributed by atoms with Crippen molar-refractivity contribution in [2.45, 2.75) is 63.8 Å². The Hall–Kier alpha value is -4.33. The van der Waals surface area contributed by atoms with E-state index in [0.29, 0.717) is 12.0 Å². The number of hydrogen-bond acceptors (Lipinski definition) is 4. The number of H-pyrrole nitrogens is 1. The number of nitrogens with zero attached hydrogens (tertiary/aromatic N) is 1. The number of unbranched alkanes of at least 4 members (excludes halogenated alkanes) is 3. The molecule has 1 aliphatic carbocycles. The molecule has 0 aliphatic heterocycles. The summed E-state index contributed by atoms with van der Waals surface area (Å²) < 4.78 is 0. The van der Waals surface area contributed by atoms with Gasteiger partial charge in [0.2, 0.25) is 0 Å². The minimum absolute atomic E-state index is 0.0799. The molecule has 3 aromatic rings. The molecule has 4 rings (SSSR count). The number of guanidine groups is 1. The van der Waals surface area contributed by atoms with Gasteiger partial charge in [-0.15, -0.1) is 0 Å². The Balaban J connectivity index is 1.62. The number of allylic oxidation sites excluding steroid dienone is 1. The van der Waals surface area contributed by atoms with Gasteiger partial charge in [-0.05, 0) is 76.8 Å². The first-order chi connectivity index (χ1) is 20.3. The first kappa shape index (κ1) is 30.6. The third-order valence-electron chi connectivity index (χ3n) is 8.18. The monoisotopic (exact) mass is 569 g/mol. The van der Waals surface area contributed by atoms with Crippen molar-refractivity contribution in [2.75, 3.05) is 11.9 Å². The number of carboxylic acid groups (broad SMARTS) is 1. The predicted octanol–water partition coefficient (Wildman–Crippen LogP) is 6.23. The fourth-order valence-corrected chi connectivity index (χ4v) is 5.98. The maximum atomic E-state index is 11.8. The van der Waals surface area contributed by atoms with Crippen molar-refractivity contribution in [3.05, 3.63) is 83.6 Å². The van der Waals surface area contributed by atoms with Crippen LogP contribution in [0.15, 0.2) is 77.4 Å². The van der Waals surface area contributed by atoms with Crippen LogP contribution in [0.1, 0.15) is 68.9 Å². The molecule has 1 aromatic heterocycles. The van der Waals surface area contributed by atoms with Crippen molar-refractivity contribution in [1.29, 1.82) is 0 Å². The molecule has 2 aromatic carbocycles. The third kappa shape index (κ3) is 8.59. The first-order valence-corrected chi connectivity index (χ1v) is 14.9. The van der Waals surface area contributed by atoms with E-state index in [1.807, 2.05) is 25.3 Å². The van der Waals surface area contributed by atoms with Crippen LogP contribution in [0.2, 0.25) is 0 Å². The van der Waals surface area contributed by atoms with Gasteiger partial charge in [-0.25, -0.2) is 9.79 Å². The smallest absolute Gasteiger partial charge is 0.328 e. The number of aliphatic carboxylic acids is 1. The maximum Gasteiger partial charge on any atom is 0.328 e. The van der Waals surface area contributed by atoms with Crippen LogP contribution in [0.5, 0.6) is 0 Å². The fourth-order valence-electron chi connectivity index (χ4n) is 5.98. The van der Waals surface area contributed by atoms with E-state index >= 15 is 0 Å². The summed E-state index contributed by atoms with van der Waals surface area (Å²) in [5, 5.41) is 15.6. The lowest BCUT2D eigenvalue weighted by atomic mass is 9.73. The number of carbonyl (C=O) groups is 2. The van der Waals surface area contributed by atoms with Crippen LogP contribution >= 0.6 is 0 Å². The summed E-state index contributed by atoms with van der Waals surface area (Å²) in [5.74, 6) is 0.236. The van der Waals surface area contributed by atoms with Crippen molar-refractivity contribution in [3.63, 3.8) is 0 Å².